The van der Waals surface area contributed by atoms with E-state index in [2.05, 4.69) is 24.0 Å². The maximum absolute atomic E-state index is 12.6. The molecule has 0 unspecified atom stereocenters. The molecular weight excluding hydrogens is 238 g/mol. The number of hydrogen-bond donors (Lipinski definition) is 0. The van der Waals surface area contributed by atoms with Crippen LogP contribution in [0, 0.1) is 16.7 Å². The Morgan fingerprint density at radius 2 is 2.32 bits per heavy atom. The zero-order valence-corrected chi connectivity index (χ0v) is 11.5. The highest BCUT2D eigenvalue weighted by Gasteiger charge is 2.82. The van der Waals surface area contributed by atoms with Crippen LogP contribution in [0.1, 0.15) is 39.0 Å². The predicted octanol–water partition coefficient (Wildman–Crippen LogP) is 2.12. The number of nitrogens with zero attached hydrogens (tertiary/aromatic N) is 1. The van der Waals surface area contributed by atoms with Gasteiger partial charge < -0.3 is 4.74 Å². The highest BCUT2D eigenvalue weighted by molar-refractivity contribution is 5.82. The van der Waals surface area contributed by atoms with Gasteiger partial charge in [0.1, 0.15) is 6.10 Å². The third-order valence-corrected chi connectivity index (χ3v) is 7.21. The molecule has 0 amide bonds. The molecule has 7 aliphatic rings. The summed E-state index contributed by atoms with van der Waals surface area (Å²) in [6, 6.07) is 0. The minimum absolute atomic E-state index is 0.0768. The first-order chi connectivity index (χ1) is 9.14. The average Bonchev–Trinajstić information content (AvgIpc) is 2.56. The molecule has 2 saturated carbocycles. The van der Waals surface area contributed by atoms with E-state index in [0.717, 1.165) is 25.8 Å². The normalized spacial score (nSPS) is 58.1. The Bertz CT molecular complexity index is 515. The van der Waals surface area contributed by atoms with Crippen LogP contribution < -0.4 is 0 Å². The van der Waals surface area contributed by atoms with Gasteiger partial charge in [0.25, 0.3) is 0 Å². The fourth-order valence-electron chi connectivity index (χ4n) is 6.52. The molecule has 3 nitrogen and oxygen atoms in total. The van der Waals surface area contributed by atoms with Gasteiger partial charge in [0.05, 0.1) is 5.41 Å². The van der Waals surface area contributed by atoms with E-state index in [-0.39, 0.29) is 28.4 Å². The van der Waals surface area contributed by atoms with Crippen molar-refractivity contribution in [1.82, 2.24) is 4.90 Å². The summed E-state index contributed by atoms with van der Waals surface area (Å²) < 4.78 is 5.93. The lowest BCUT2D eigenvalue weighted by atomic mass is 9.32. The van der Waals surface area contributed by atoms with Gasteiger partial charge in [-0.2, -0.15) is 0 Å². The molecule has 102 valence electrons. The number of carbonyl (C=O) groups excluding carboxylic acids is 1. The Morgan fingerprint density at radius 3 is 3.21 bits per heavy atom. The Balaban J connectivity index is 1.80. The number of piperidine rings is 1. The van der Waals surface area contributed by atoms with Crippen LogP contribution in [0.5, 0.6) is 0 Å². The Labute approximate surface area is 114 Å². The predicted molar refractivity (Wildman–Crippen MR) is 70.4 cm³/mol. The fourth-order valence-corrected chi connectivity index (χ4v) is 6.52. The molecule has 0 aromatic carbocycles. The molecule has 2 aliphatic carbocycles. The first-order valence-electron chi connectivity index (χ1n) is 7.78. The van der Waals surface area contributed by atoms with Gasteiger partial charge >= 0.3 is 5.97 Å². The highest BCUT2D eigenvalue weighted by Crippen LogP contribution is 2.77. The number of esters is 1. The molecular formula is C16H21NO2. The maximum Gasteiger partial charge on any atom is 0.313 e. The summed E-state index contributed by atoms with van der Waals surface area (Å²) in [7, 11) is 0. The van der Waals surface area contributed by atoms with E-state index >= 15 is 0 Å². The molecule has 7 rings (SSSR count). The molecule has 4 saturated heterocycles. The zero-order chi connectivity index (χ0) is 12.9. The minimum Gasteiger partial charge on any atom is -0.462 e. The summed E-state index contributed by atoms with van der Waals surface area (Å²) >= 11 is 0. The number of carbonyl (C=O) groups is 1. The highest BCUT2D eigenvalue weighted by atomic mass is 16.5. The largest absolute Gasteiger partial charge is 0.462 e. The van der Waals surface area contributed by atoms with Gasteiger partial charge in [0.15, 0.2) is 0 Å². The van der Waals surface area contributed by atoms with Crippen molar-refractivity contribution in [2.75, 3.05) is 13.1 Å². The van der Waals surface area contributed by atoms with Gasteiger partial charge in [-0.15, -0.1) is 0 Å². The Morgan fingerprint density at radius 1 is 1.42 bits per heavy atom. The van der Waals surface area contributed by atoms with Crippen molar-refractivity contribution >= 4 is 5.97 Å². The summed E-state index contributed by atoms with van der Waals surface area (Å²) in [6.07, 6.45) is 10.7. The lowest BCUT2D eigenvalue weighted by molar-refractivity contribution is -0.243. The molecule has 4 bridgehead atoms. The first kappa shape index (κ1) is 10.9. The van der Waals surface area contributed by atoms with Gasteiger partial charge in [-0.1, -0.05) is 12.2 Å². The van der Waals surface area contributed by atoms with E-state index < -0.39 is 0 Å². The lowest BCUT2D eigenvalue weighted by Crippen LogP contribution is -2.82. The number of hydrogen-bond acceptors (Lipinski definition) is 3. The molecule has 19 heavy (non-hydrogen) atoms. The Hall–Kier alpha value is -0.830. The number of rotatable bonds is 0. The van der Waals surface area contributed by atoms with Gasteiger partial charge in [-0.3, -0.25) is 9.69 Å². The van der Waals surface area contributed by atoms with E-state index in [4.69, 9.17) is 4.74 Å². The van der Waals surface area contributed by atoms with Crippen molar-refractivity contribution in [2.24, 2.45) is 16.7 Å². The number of fused-ring (bicyclic) bond motifs is 1. The lowest BCUT2D eigenvalue weighted by Gasteiger charge is -2.76. The van der Waals surface area contributed by atoms with Gasteiger partial charge in [-0.05, 0) is 45.6 Å². The van der Waals surface area contributed by atoms with E-state index in [1.165, 1.54) is 19.4 Å². The van der Waals surface area contributed by atoms with E-state index in [1.54, 1.807) is 0 Å². The quantitative estimate of drug-likeness (QED) is 0.493. The third kappa shape index (κ3) is 0.850. The maximum atomic E-state index is 12.6. The molecule has 0 aromatic heterocycles. The third-order valence-electron chi connectivity index (χ3n) is 7.21. The molecule has 6 fully saturated rings. The molecule has 5 heterocycles. The second-order valence-electron chi connectivity index (χ2n) is 7.48. The van der Waals surface area contributed by atoms with Crippen molar-refractivity contribution in [3.05, 3.63) is 12.2 Å². The van der Waals surface area contributed by atoms with E-state index in [9.17, 15) is 4.79 Å². The Kier molecular flexibility index (Phi) is 1.68. The molecule has 5 aliphatic heterocycles. The summed E-state index contributed by atoms with van der Waals surface area (Å²) in [5.74, 6) is 0.668. The van der Waals surface area contributed by atoms with Crippen LogP contribution in [-0.2, 0) is 9.53 Å². The fraction of sp³-hybridized carbons (Fsp3) is 0.812. The van der Waals surface area contributed by atoms with Gasteiger partial charge in [0, 0.05) is 23.4 Å². The van der Waals surface area contributed by atoms with Gasteiger partial charge in [0.2, 0.25) is 0 Å². The van der Waals surface area contributed by atoms with Crippen LogP contribution in [0.3, 0.4) is 0 Å². The minimum atomic E-state index is -0.261. The van der Waals surface area contributed by atoms with Gasteiger partial charge in [-0.25, -0.2) is 0 Å². The summed E-state index contributed by atoms with van der Waals surface area (Å²) in [5, 5.41) is 0. The van der Waals surface area contributed by atoms with E-state index in [1.807, 2.05) is 0 Å². The van der Waals surface area contributed by atoms with Crippen molar-refractivity contribution < 1.29 is 9.53 Å². The van der Waals surface area contributed by atoms with Crippen LogP contribution >= 0.6 is 0 Å². The SMILES string of the molecule is C[C@@]12C[C@@]34[C@@H]5CCCN3CC=C[C@@]14CC[C@H]5OC2=O. The van der Waals surface area contributed by atoms with Crippen molar-refractivity contribution in [1.29, 1.82) is 0 Å². The average molecular weight is 259 g/mol. The second kappa shape index (κ2) is 2.93. The first-order valence-corrected chi connectivity index (χ1v) is 7.78. The van der Waals surface area contributed by atoms with Crippen LogP contribution in [-0.4, -0.2) is 35.6 Å². The van der Waals surface area contributed by atoms with Crippen molar-refractivity contribution in [3.63, 3.8) is 0 Å². The van der Waals surface area contributed by atoms with Crippen molar-refractivity contribution in [2.45, 2.75) is 50.7 Å². The summed E-state index contributed by atoms with van der Waals surface area (Å²) in [6.45, 7) is 4.45. The summed E-state index contributed by atoms with van der Waals surface area (Å²) in [4.78, 5) is 15.3. The van der Waals surface area contributed by atoms with E-state index in [0.29, 0.717) is 5.92 Å². The molecule has 0 radical (unpaired) electrons. The standard InChI is InChI=1S/C16H21NO2/c1-14-10-16-11-4-2-8-17(16)9-3-6-15(14,16)7-5-12(11)19-13(14)18/h3,6,11-12H,2,4-5,7-10H2,1H3/t11-,12-,14+,15-,16+/m1/s1. The zero-order valence-electron chi connectivity index (χ0n) is 11.5. The topological polar surface area (TPSA) is 29.5 Å². The van der Waals surface area contributed by atoms with Crippen LogP contribution in [0.25, 0.3) is 0 Å². The monoisotopic (exact) mass is 259 g/mol. The molecule has 2 spiro atoms. The molecule has 5 atom stereocenters. The van der Waals surface area contributed by atoms with Crippen LogP contribution in [0.2, 0.25) is 0 Å². The second-order valence-corrected chi connectivity index (χ2v) is 7.48. The molecule has 0 N–H and O–H groups in total. The molecule has 3 heteroatoms. The van der Waals surface area contributed by atoms with Crippen molar-refractivity contribution in [3.8, 4) is 0 Å². The molecule has 0 aromatic rings. The summed E-state index contributed by atoms with van der Waals surface area (Å²) in [5.41, 5.74) is 0.0697. The van der Waals surface area contributed by atoms with Crippen LogP contribution in [0.4, 0.5) is 0 Å². The smallest absolute Gasteiger partial charge is 0.313 e. The van der Waals surface area contributed by atoms with Crippen LogP contribution in [0.15, 0.2) is 12.2 Å². The number of ether oxygens (including phenoxy) is 1.